The van der Waals surface area contributed by atoms with Crippen LogP contribution in [0.4, 0.5) is 0 Å². The largest absolute Gasteiger partial charge is 0.394 e. The van der Waals surface area contributed by atoms with E-state index in [1.54, 1.807) is 0 Å². The van der Waals surface area contributed by atoms with E-state index in [1.807, 2.05) is 39.0 Å². The average Bonchev–Trinajstić information content (AvgIpc) is 2.30. The molecular formula is C14H23NO2. The highest BCUT2D eigenvalue weighted by Gasteiger charge is 2.17. The Labute approximate surface area is 103 Å². The minimum absolute atomic E-state index is 0.0483. The Morgan fingerprint density at radius 3 is 2.41 bits per heavy atom. The molecule has 3 N–H and O–H groups in total. The van der Waals surface area contributed by atoms with Crippen molar-refractivity contribution in [2.75, 3.05) is 13.2 Å². The third-order valence-electron chi connectivity index (χ3n) is 3.08. The predicted molar refractivity (Wildman–Crippen MR) is 70.0 cm³/mol. The molecule has 0 saturated heterocycles. The van der Waals surface area contributed by atoms with Gasteiger partial charge < -0.3 is 15.5 Å². The summed E-state index contributed by atoms with van der Waals surface area (Å²) in [6.07, 6.45) is -0.542. The van der Waals surface area contributed by atoms with Gasteiger partial charge in [0.1, 0.15) is 0 Å². The number of aliphatic hydroxyl groups is 2. The van der Waals surface area contributed by atoms with E-state index >= 15 is 0 Å². The smallest absolute Gasteiger partial charge is 0.0914 e. The van der Waals surface area contributed by atoms with E-state index in [0.717, 1.165) is 5.56 Å². The van der Waals surface area contributed by atoms with Crippen LogP contribution in [-0.4, -0.2) is 28.9 Å². The maximum absolute atomic E-state index is 10.1. The minimum atomic E-state index is -0.542. The summed E-state index contributed by atoms with van der Waals surface area (Å²) in [5.74, 6) is 0. The van der Waals surface area contributed by atoms with Gasteiger partial charge in [-0.05, 0) is 44.4 Å². The number of aliphatic hydroxyl groups excluding tert-OH is 2. The molecule has 0 aliphatic heterocycles. The molecule has 3 heteroatoms. The Morgan fingerprint density at radius 2 is 1.88 bits per heavy atom. The van der Waals surface area contributed by atoms with Gasteiger partial charge in [0.2, 0.25) is 0 Å². The number of nitrogens with one attached hydrogen (secondary N) is 1. The lowest BCUT2D eigenvalue weighted by Gasteiger charge is -2.25. The second kappa shape index (κ2) is 5.63. The molecule has 0 aliphatic carbocycles. The molecule has 0 aliphatic rings. The van der Waals surface area contributed by atoms with Gasteiger partial charge in [-0.2, -0.15) is 0 Å². The zero-order valence-electron chi connectivity index (χ0n) is 11.1. The van der Waals surface area contributed by atoms with Gasteiger partial charge in [0, 0.05) is 12.1 Å². The van der Waals surface area contributed by atoms with Crippen molar-refractivity contribution in [1.82, 2.24) is 5.32 Å². The molecule has 0 bridgehead atoms. The van der Waals surface area contributed by atoms with Crippen LogP contribution >= 0.6 is 0 Å². The predicted octanol–water partition coefficient (Wildman–Crippen LogP) is 1.70. The van der Waals surface area contributed by atoms with Crippen LogP contribution in [0.25, 0.3) is 0 Å². The first-order valence-electron chi connectivity index (χ1n) is 5.97. The van der Waals surface area contributed by atoms with Crippen molar-refractivity contribution in [3.63, 3.8) is 0 Å². The first-order chi connectivity index (χ1) is 7.85. The first-order valence-corrected chi connectivity index (χ1v) is 5.97. The SMILES string of the molecule is Cc1ccc(C(O)CNC(C)(C)CO)cc1C. The zero-order chi connectivity index (χ0) is 13.1. The van der Waals surface area contributed by atoms with Crippen LogP contribution < -0.4 is 5.32 Å². The van der Waals surface area contributed by atoms with Crippen LogP contribution in [0, 0.1) is 13.8 Å². The van der Waals surface area contributed by atoms with Crippen LogP contribution in [0.15, 0.2) is 18.2 Å². The molecule has 1 aromatic carbocycles. The third-order valence-corrected chi connectivity index (χ3v) is 3.08. The van der Waals surface area contributed by atoms with Crippen molar-refractivity contribution >= 4 is 0 Å². The molecule has 17 heavy (non-hydrogen) atoms. The van der Waals surface area contributed by atoms with Crippen molar-refractivity contribution in [3.05, 3.63) is 34.9 Å². The van der Waals surface area contributed by atoms with E-state index < -0.39 is 6.10 Å². The summed E-state index contributed by atoms with van der Waals surface area (Å²) in [7, 11) is 0. The summed E-state index contributed by atoms with van der Waals surface area (Å²) in [6.45, 7) is 8.39. The number of benzene rings is 1. The fourth-order valence-corrected chi connectivity index (χ4v) is 1.52. The summed E-state index contributed by atoms with van der Waals surface area (Å²) < 4.78 is 0. The summed E-state index contributed by atoms with van der Waals surface area (Å²) >= 11 is 0. The lowest BCUT2D eigenvalue weighted by Crippen LogP contribution is -2.44. The summed E-state index contributed by atoms with van der Waals surface area (Å²) in [5.41, 5.74) is 2.96. The van der Waals surface area contributed by atoms with E-state index in [-0.39, 0.29) is 12.1 Å². The highest BCUT2D eigenvalue weighted by atomic mass is 16.3. The topological polar surface area (TPSA) is 52.5 Å². The van der Waals surface area contributed by atoms with Crippen LogP contribution in [0.1, 0.15) is 36.6 Å². The molecule has 3 nitrogen and oxygen atoms in total. The standard InChI is InChI=1S/C14H23NO2/c1-10-5-6-12(7-11(10)2)13(17)8-15-14(3,4)9-16/h5-7,13,15-17H,8-9H2,1-4H3. The number of β-amino-alcohol motifs (C(OH)–C–C–N with tert-alkyl or cyclic N) is 1. The van der Waals surface area contributed by atoms with Crippen molar-refractivity contribution < 1.29 is 10.2 Å². The second-order valence-corrected chi connectivity index (χ2v) is 5.28. The van der Waals surface area contributed by atoms with Gasteiger partial charge in [-0.3, -0.25) is 0 Å². The monoisotopic (exact) mass is 237 g/mol. The van der Waals surface area contributed by atoms with E-state index in [9.17, 15) is 5.11 Å². The van der Waals surface area contributed by atoms with Gasteiger partial charge >= 0.3 is 0 Å². The normalized spacial score (nSPS) is 13.8. The van der Waals surface area contributed by atoms with Crippen molar-refractivity contribution in [2.24, 2.45) is 0 Å². The fraction of sp³-hybridized carbons (Fsp3) is 0.571. The van der Waals surface area contributed by atoms with Gasteiger partial charge in [0.25, 0.3) is 0 Å². The summed E-state index contributed by atoms with van der Waals surface area (Å²) in [5, 5.41) is 22.3. The minimum Gasteiger partial charge on any atom is -0.394 e. The summed E-state index contributed by atoms with van der Waals surface area (Å²) in [4.78, 5) is 0. The Bertz CT molecular complexity index is 374. The highest BCUT2D eigenvalue weighted by molar-refractivity contribution is 5.31. The number of hydrogen-bond acceptors (Lipinski definition) is 3. The first kappa shape index (κ1) is 14.2. The Hall–Kier alpha value is -0.900. The molecule has 1 unspecified atom stereocenters. The molecule has 0 saturated carbocycles. The van der Waals surface area contributed by atoms with Crippen molar-refractivity contribution in [2.45, 2.75) is 39.3 Å². The van der Waals surface area contributed by atoms with Crippen LogP contribution in [0.5, 0.6) is 0 Å². The van der Waals surface area contributed by atoms with Crippen LogP contribution in [0.2, 0.25) is 0 Å². The third kappa shape index (κ3) is 4.11. The Kier molecular flexibility index (Phi) is 4.69. The Balaban J connectivity index is 2.64. The van der Waals surface area contributed by atoms with Crippen molar-refractivity contribution in [3.8, 4) is 0 Å². The van der Waals surface area contributed by atoms with Gasteiger partial charge in [-0.25, -0.2) is 0 Å². The van der Waals surface area contributed by atoms with Gasteiger partial charge in [-0.15, -0.1) is 0 Å². The molecular weight excluding hydrogens is 214 g/mol. The molecule has 0 fully saturated rings. The van der Waals surface area contributed by atoms with E-state index in [0.29, 0.717) is 6.54 Å². The lowest BCUT2D eigenvalue weighted by molar-refractivity contribution is 0.136. The van der Waals surface area contributed by atoms with Gasteiger partial charge in [0.15, 0.2) is 0 Å². The molecule has 96 valence electrons. The van der Waals surface area contributed by atoms with Crippen LogP contribution in [0.3, 0.4) is 0 Å². The zero-order valence-corrected chi connectivity index (χ0v) is 11.1. The fourth-order valence-electron chi connectivity index (χ4n) is 1.52. The molecule has 0 radical (unpaired) electrons. The van der Waals surface area contributed by atoms with Crippen LogP contribution in [-0.2, 0) is 0 Å². The molecule has 1 atom stereocenters. The van der Waals surface area contributed by atoms with Gasteiger partial charge in [-0.1, -0.05) is 18.2 Å². The van der Waals surface area contributed by atoms with Gasteiger partial charge in [0.05, 0.1) is 12.7 Å². The van der Waals surface area contributed by atoms with E-state index in [4.69, 9.17) is 5.11 Å². The molecule has 0 heterocycles. The van der Waals surface area contributed by atoms with E-state index in [2.05, 4.69) is 12.2 Å². The molecule has 1 aromatic rings. The number of hydrogen-bond donors (Lipinski definition) is 3. The number of aryl methyl sites for hydroxylation is 2. The summed E-state index contributed by atoms with van der Waals surface area (Å²) in [6, 6.07) is 5.97. The Morgan fingerprint density at radius 1 is 1.24 bits per heavy atom. The second-order valence-electron chi connectivity index (χ2n) is 5.28. The quantitative estimate of drug-likeness (QED) is 0.730. The highest BCUT2D eigenvalue weighted by Crippen LogP contribution is 2.17. The maximum Gasteiger partial charge on any atom is 0.0914 e. The van der Waals surface area contributed by atoms with E-state index in [1.165, 1.54) is 11.1 Å². The molecule has 0 amide bonds. The average molecular weight is 237 g/mol. The lowest BCUT2D eigenvalue weighted by atomic mass is 10.0. The number of rotatable bonds is 5. The molecule has 0 spiro atoms. The molecule has 0 aromatic heterocycles. The maximum atomic E-state index is 10.1. The van der Waals surface area contributed by atoms with Crippen molar-refractivity contribution in [1.29, 1.82) is 0 Å². The molecule has 1 rings (SSSR count).